The summed E-state index contributed by atoms with van der Waals surface area (Å²) in [6.45, 7) is 6.73. The van der Waals surface area contributed by atoms with Crippen molar-refractivity contribution in [3.05, 3.63) is 26.6 Å². The smallest absolute Gasteiger partial charge is 0.263 e. The van der Waals surface area contributed by atoms with Crippen molar-refractivity contribution in [3.8, 4) is 0 Å². The zero-order chi connectivity index (χ0) is 15.6. The van der Waals surface area contributed by atoms with Gasteiger partial charge in [-0.1, -0.05) is 6.92 Å². The zero-order valence-corrected chi connectivity index (χ0v) is 14.0. The molecule has 4 heterocycles. The van der Waals surface area contributed by atoms with Crippen LogP contribution in [0, 0.1) is 6.92 Å². The highest BCUT2D eigenvalue weighted by Crippen LogP contribution is 2.39. The van der Waals surface area contributed by atoms with Gasteiger partial charge in [0.25, 0.3) is 5.56 Å². The molecular formula is C15H18N4O2S. The molecule has 116 valence electrons. The Morgan fingerprint density at radius 2 is 2.18 bits per heavy atom. The van der Waals surface area contributed by atoms with Crippen LogP contribution in [0.4, 0.5) is 0 Å². The first-order valence-electron chi connectivity index (χ1n) is 7.44. The minimum absolute atomic E-state index is 0.00718. The fourth-order valence-electron chi connectivity index (χ4n) is 3.14. The Hall–Kier alpha value is -1.73. The number of rotatable bonds is 1. The van der Waals surface area contributed by atoms with E-state index in [0.717, 1.165) is 39.3 Å². The molecule has 1 atom stereocenters. The summed E-state index contributed by atoms with van der Waals surface area (Å²) in [5.74, 6) is 1.39. The van der Waals surface area contributed by atoms with Crippen molar-refractivity contribution in [2.24, 2.45) is 7.05 Å². The Morgan fingerprint density at radius 3 is 2.91 bits per heavy atom. The van der Waals surface area contributed by atoms with Crippen molar-refractivity contribution in [2.45, 2.75) is 45.8 Å². The van der Waals surface area contributed by atoms with Gasteiger partial charge in [-0.2, -0.15) is 0 Å². The topological polar surface area (TPSA) is 61.4 Å². The number of fused-ring (bicyclic) bond motifs is 5. The van der Waals surface area contributed by atoms with Crippen molar-refractivity contribution in [3.63, 3.8) is 0 Å². The predicted octanol–water partition coefficient (Wildman–Crippen LogP) is 2.19. The Kier molecular flexibility index (Phi) is 2.77. The normalized spacial score (nSPS) is 21.6. The standard InChI is InChI=1S/C15H18N4O2S/c1-5-15(3)6-9-10(7-21-15)22-13-11(9)12(20)18(4)14-17-16-8(2)19(13)14/h5-7H2,1-4H3/t15-/m1/s1. The lowest BCUT2D eigenvalue weighted by atomic mass is 9.90. The second kappa shape index (κ2) is 4.39. The maximum atomic E-state index is 12.8. The van der Waals surface area contributed by atoms with Crippen LogP contribution in [-0.2, 0) is 24.8 Å². The van der Waals surface area contributed by atoms with E-state index in [1.165, 1.54) is 0 Å². The van der Waals surface area contributed by atoms with E-state index in [2.05, 4.69) is 24.0 Å². The highest BCUT2D eigenvalue weighted by molar-refractivity contribution is 7.18. The summed E-state index contributed by atoms with van der Waals surface area (Å²) in [6, 6.07) is 0. The fourth-order valence-corrected chi connectivity index (χ4v) is 4.40. The van der Waals surface area contributed by atoms with Gasteiger partial charge in [0.2, 0.25) is 5.78 Å². The Morgan fingerprint density at radius 1 is 1.41 bits per heavy atom. The number of hydrogen-bond donors (Lipinski definition) is 0. The van der Waals surface area contributed by atoms with E-state index in [4.69, 9.17) is 4.74 Å². The molecule has 0 saturated heterocycles. The van der Waals surface area contributed by atoms with Gasteiger partial charge in [-0.3, -0.25) is 13.8 Å². The summed E-state index contributed by atoms with van der Waals surface area (Å²) >= 11 is 1.63. The average Bonchev–Trinajstić information content (AvgIpc) is 3.05. The molecule has 0 aromatic carbocycles. The number of nitrogens with zero attached hydrogens (tertiary/aromatic N) is 4. The molecule has 7 heteroatoms. The molecule has 3 aromatic heterocycles. The number of ether oxygens (including phenoxy) is 1. The van der Waals surface area contributed by atoms with Crippen molar-refractivity contribution in [1.29, 1.82) is 0 Å². The van der Waals surface area contributed by atoms with E-state index in [9.17, 15) is 4.79 Å². The average molecular weight is 318 g/mol. The third-order valence-corrected chi connectivity index (χ3v) is 5.94. The van der Waals surface area contributed by atoms with Crippen LogP contribution in [0.5, 0.6) is 0 Å². The highest BCUT2D eigenvalue weighted by atomic mass is 32.1. The van der Waals surface area contributed by atoms with Crippen LogP contribution in [0.3, 0.4) is 0 Å². The maximum absolute atomic E-state index is 12.8. The quantitative estimate of drug-likeness (QED) is 0.690. The van der Waals surface area contributed by atoms with Crippen molar-refractivity contribution in [2.75, 3.05) is 0 Å². The molecule has 0 radical (unpaired) electrons. The molecule has 0 unspecified atom stereocenters. The third-order valence-electron chi connectivity index (χ3n) is 4.75. The number of aromatic nitrogens is 4. The molecule has 1 aliphatic heterocycles. The molecule has 0 saturated carbocycles. The van der Waals surface area contributed by atoms with Crippen molar-refractivity contribution in [1.82, 2.24) is 19.2 Å². The molecule has 0 aliphatic carbocycles. The first kappa shape index (κ1) is 13.9. The molecule has 0 spiro atoms. The second-order valence-electron chi connectivity index (χ2n) is 6.20. The maximum Gasteiger partial charge on any atom is 0.263 e. The van der Waals surface area contributed by atoms with Gasteiger partial charge in [-0.25, -0.2) is 0 Å². The first-order chi connectivity index (χ1) is 10.4. The second-order valence-corrected chi connectivity index (χ2v) is 7.28. The van der Waals surface area contributed by atoms with Gasteiger partial charge in [0.05, 0.1) is 17.6 Å². The Bertz CT molecular complexity index is 968. The van der Waals surface area contributed by atoms with Gasteiger partial charge in [0.15, 0.2) is 0 Å². The summed E-state index contributed by atoms with van der Waals surface area (Å²) in [4.78, 5) is 14.9. The third kappa shape index (κ3) is 1.66. The summed E-state index contributed by atoms with van der Waals surface area (Å²) in [6.07, 6.45) is 1.71. The van der Waals surface area contributed by atoms with Gasteiger partial charge in [0, 0.05) is 18.3 Å². The van der Waals surface area contributed by atoms with E-state index in [1.807, 2.05) is 11.3 Å². The van der Waals surface area contributed by atoms with Crippen LogP contribution in [0.15, 0.2) is 4.79 Å². The first-order valence-corrected chi connectivity index (χ1v) is 8.26. The Labute approximate surface area is 131 Å². The van der Waals surface area contributed by atoms with Gasteiger partial charge < -0.3 is 4.74 Å². The largest absolute Gasteiger partial charge is 0.369 e. The molecule has 6 nitrogen and oxygen atoms in total. The summed E-state index contributed by atoms with van der Waals surface area (Å²) in [5.41, 5.74) is 0.961. The lowest BCUT2D eigenvalue weighted by Crippen LogP contribution is -2.34. The molecule has 4 rings (SSSR count). The van der Waals surface area contributed by atoms with Crippen molar-refractivity contribution >= 4 is 27.3 Å². The monoisotopic (exact) mass is 318 g/mol. The van der Waals surface area contributed by atoms with Crippen LogP contribution in [0.25, 0.3) is 16.0 Å². The zero-order valence-electron chi connectivity index (χ0n) is 13.1. The number of thiophene rings is 1. The van der Waals surface area contributed by atoms with Gasteiger partial charge in [0.1, 0.15) is 10.7 Å². The van der Waals surface area contributed by atoms with E-state index in [0.29, 0.717) is 12.4 Å². The molecule has 0 fully saturated rings. The fraction of sp³-hybridized carbons (Fsp3) is 0.533. The van der Waals surface area contributed by atoms with Gasteiger partial charge >= 0.3 is 0 Å². The van der Waals surface area contributed by atoms with E-state index in [1.54, 1.807) is 23.0 Å². The summed E-state index contributed by atoms with van der Waals surface area (Å²) in [7, 11) is 1.76. The molecular weight excluding hydrogens is 300 g/mol. The lowest BCUT2D eigenvalue weighted by Gasteiger charge is -2.32. The predicted molar refractivity (Wildman–Crippen MR) is 85.5 cm³/mol. The summed E-state index contributed by atoms with van der Waals surface area (Å²) < 4.78 is 9.59. The molecule has 0 bridgehead atoms. The SMILES string of the molecule is CC[C@]1(C)Cc2c(sc3c2c(=O)n(C)c2nnc(C)n32)CO1. The van der Waals surface area contributed by atoms with E-state index < -0.39 is 0 Å². The molecule has 1 aliphatic rings. The number of aryl methyl sites for hydroxylation is 2. The Balaban J connectivity index is 2.14. The van der Waals surface area contributed by atoms with Crippen LogP contribution in [0.1, 0.15) is 36.5 Å². The lowest BCUT2D eigenvalue weighted by molar-refractivity contribution is -0.0543. The molecule has 3 aromatic rings. The van der Waals surface area contributed by atoms with Crippen LogP contribution in [0.2, 0.25) is 0 Å². The van der Waals surface area contributed by atoms with Gasteiger partial charge in [-0.05, 0) is 25.8 Å². The minimum Gasteiger partial charge on any atom is -0.369 e. The minimum atomic E-state index is -0.191. The van der Waals surface area contributed by atoms with Gasteiger partial charge in [-0.15, -0.1) is 21.5 Å². The van der Waals surface area contributed by atoms with Crippen LogP contribution < -0.4 is 5.56 Å². The highest BCUT2D eigenvalue weighted by Gasteiger charge is 2.33. The van der Waals surface area contributed by atoms with Crippen LogP contribution >= 0.6 is 11.3 Å². The molecule has 0 N–H and O–H groups in total. The number of hydrogen-bond acceptors (Lipinski definition) is 5. The van der Waals surface area contributed by atoms with E-state index >= 15 is 0 Å². The van der Waals surface area contributed by atoms with Crippen molar-refractivity contribution < 1.29 is 4.74 Å². The van der Waals surface area contributed by atoms with Crippen LogP contribution in [-0.4, -0.2) is 24.8 Å². The molecule has 0 amide bonds. The summed E-state index contributed by atoms with van der Waals surface area (Å²) in [5, 5.41) is 9.06. The van der Waals surface area contributed by atoms with E-state index in [-0.39, 0.29) is 11.2 Å². The molecule has 22 heavy (non-hydrogen) atoms.